The lowest BCUT2D eigenvalue weighted by molar-refractivity contribution is 0.338. The molecular weight excluding hydrogens is 240 g/mol. The summed E-state index contributed by atoms with van der Waals surface area (Å²) in [6.45, 7) is 6.56. The Morgan fingerprint density at radius 3 is 2.63 bits per heavy atom. The molecule has 5 nitrogen and oxygen atoms in total. The molecule has 0 amide bonds. The van der Waals surface area contributed by atoms with Crippen LogP contribution < -0.4 is 16.0 Å². The van der Waals surface area contributed by atoms with Gasteiger partial charge in [-0.05, 0) is 50.6 Å². The third-order valence-electron chi connectivity index (χ3n) is 2.75. The molecule has 0 aliphatic rings. The molecule has 1 heterocycles. The number of hydrogen-bond acceptors (Lipinski definition) is 5. The first-order valence-corrected chi connectivity index (χ1v) is 6.20. The van der Waals surface area contributed by atoms with Crippen LogP contribution in [0.3, 0.4) is 0 Å². The summed E-state index contributed by atoms with van der Waals surface area (Å²) in [5.41, 5.74) is 6.28. The van der Waals surface area contributed by atoms with Crippen LogP contribution in [0.5, 0.6) is 5.75 Å². The van der Waals surface area contributed by atoms with Gasteiger partial charge in [-0.1, -0.05) is 0 Å². The topological polar surface area (TPSA) is 73.1 Å². The Morgan fingerprint density at radius 2 is 2.00 bits per heavy atom. The van der Waals surface area contributed by atoms with E-state index in [2.05, 4.69) is 15.4 Å². The molecule has 0 aliphatic carbocycles. The molecular formula is C14H18N4O. The van der Waals surface area contributed by atoms with Crippen molar-refractivity contribution in [2.75, 3.05) is 12.0 Å². The normalized spacial score (nSPS) is 10.3. The van der Waals surface area contributed by atoms with E-state index in [-0.39, 0.29) is 0 Å². The standard InChI is InChI=1S/C14H18N4O/c1-4-19-13-6-5-11(7-9(13)2)12-8-10(3)16-14(17-12)18-15/h5-8H,4,15H2,1-3H3,(H,16,17,18). The first kappa shape index (κ1) is 13.3. The lowest BCUT2D eigenvalue weighted by atomic mass is 10.1. The maximum atomic E-state index is 5.53. The number of anilines is 1. The average Bonchev–Trinajstić information content (AvgIpc) is 2.40. The first-order chi connectivity index (χ1) is 9.13. The minimum absolute atomic E-state index is 0.418. The van der Waals surface area contributed by atoms with Crippen LogP contribution >= 0.6 is 0 Å². The van der Waals surface area contributed by atoms with Crippen LogP contribution in [0.15, 0.2) is 24.3 Å². The van der Waals surface area contributed by atoms with Gasteiger partial charge in [0.25, 0.3) is 0 Å². The zero-order valence-electron chi connectivity index (χ0n) is 11.4. The number of nitrogens with zero attached hydrogens (tertiary/aromatic N) is 2. The number of nitrogens with two attached hydrogens (primary N) is 1. The van der Waals surface area contributed by atoms with Gasteiger partial charge in [0, 0.05) is 11.3 Å². The number of hydrazine groups is 1. The van der Waals surface area contributed by atoms with Gasteiger partial charge in [0.1, 0.15) is 5.75 Å². The van der Waals surface area contributed by atoms with Crippen LogP contribution in [0.4, 0.5) is 5.95 Å². The molecule has 0 aliphatic heterocycles. The fourth-order valence-corrected chi connectivity index (χ4v) is 1.91. The van der Waals surface area contributed by atoms with Crippen LogP contribution in [0.25, 0.3) is 11.3 Å². The first-order valence-electron chi connectivity index (χ1n) is 6.20. The Morgan fingerprint density at radius 1 is 1.21 bits per heavy atom. The highest BCUT2D eigenvalue weighted by molar-refractivity contribution is 5.63. The van der Waals surface area contributed by atoms with Crippen LogP contribution in [0.2, 0.25) is 0 Å². The second-order valence-corrected chi connectivity index (χ2v) is 4.28. The number of rotatable bonds is 4. The zero-order chi connectivity index (χ0) is 13.8. The fourth-order valence-electron chi connectivity index (χ4n) is 1.91. The fraction of sp³-hybridized carbons (Fsp3) is 0.286. The zero-order valence-corrected chi connectivity index (χ0v) is 11.4. The maximum Gasteiger partial charge on any atom is 0.237 e. The van der Waals surface area contributed by atoms with Crippen LogP contribution in [0, 0.1) is 13.8 Å². The highest BCUT2D eigenvalue weighted by Crippen LogP contribution is 2.25. The van der Waals surface area contributed by atoms with Crippen molar-refractivity contribution in [3.63, 3.8) is 0 Å². The largest absolute Gasteiger partial charge is 0.494 e. The number of ether oxygens (including phenoxy) is 1. The minimum atomic E-state index is 0.418. The van der Waals surface area contributed by atoms with E-state index in [4.69, 9.17) is 10.6 Å². The third-order valence-corrected chi connectivity index (χ3v) is 2.75. The third kappa shape index (κ3) is 3.00. The van der Waals surface area contributed by atoms with E-state index >= 15 is 0 Å². The summed E-state index contributed by atoms with van der Waals surface area (Å²) in [6.07, 6.45) is 0. The Balaban J connectivity index is 2.41. The quantitative estimate of drug-likeness (QED) is 0.651. The number of nitrogens with one attached hydrogen (secondary N) is 1. The molecule has 0 unspecified atom stereocenters. The highest BCUT2D eigenvalue weighted by Gasteiger charge is 2.06. The van der Waals surface area contributed by atoms with Crippen molar-refractivity contribution >= 4 is 5.95 Å². The molecule has 2 rings (SSSR count). The van der Waals surface area contributed by atoms with Gasteiger partial charge in [0.2, 0.25) is 5.95 Å². The number of benzene rings is 1. The van der Waals surface area contributed by atoms with Crippen molar-refractivity contribution in [2.24, 2.45) is 5.84 Å². The van der Waals surface area contributed by atoms with Crippen molar-refractivity contribution < 1.29 is 4.74 Å². The number of nitrogen functional groups attached to an aromatic ring is 1. The second kappa shape index (κ2) is 5.67. The molecule has 2 aromatic rings. The molecule has 0 spiro atoms. The molecule has 100 valence electrons. The summed E-state index contributed by atoms with van der Waals surface area (Å²) in [5, 5.41) is 0. The Hall–Kier alpha value is -2.14. The Labute approximate surface area is 112 Å². The predicted molar refractivity (Wildman–Crippen MR) is 75.9 cm³/mol. The summed E-state index contributed by atoms with van der Waals surface area (Å²) in [4.78, 5) is 8.53. The van der Waals surface area contributed by atoms with Crippen molar-refractivity contribution in [1.29, 1.82) is 0 Å². The molecule has 0 atom stereocenters. The van der Waals surface area contributed by atoms with E-state index in [0.29, 0.717) is 12.6 Å². The second-order valence-electron chi connectivity index (χ2n) is 4.28. The summed E-state index contributed by atoms with van der Waals surface area (Å²) >= 11 is 0. The van der Waals surface area contributed by atoms with E-state index in [1.54, 1.807) is 0 Å². The summed E-state index contributed by atoms with van der Waals surface area (Å²) in [5.74, 6) is 6.68. The molecule has 19 heavy (non-hydrogen) atoms. The van der Waals surface area contributed by atoms with Gasteiger partial charge in [0.05, 0.1) is 12.3 Å². The van der Waals surface area contributed by atoms with Crippen molar-refractivity contribution in [3.05, 3.63) is 35.5 Å². The smallest absolute Gasteiger partial charge is 0.237 e. The van der Waals surface area contributed by atoms with E-state index in [9.17, 15) is 0 Å². The number of aryl methyl sites for hydroxylation is 2. The van der Waals surface area contributed by atoms with Gasteiger partial charge >= 0.3 is 0 Å². The van der Waals surface area contributed by atoms with E-state index in [1.807, 2.05) is 45.0 Å². The Bertz CT molecular complexity index is 584. The molecule has 0 fully saturated rings. The molecule has 5 heteroatoms. The summed E-state index contributed by atoms with van der Waals surface area (Å²) < 4.78 is 5.53. The van der Waals surface area contributed by atoms with Crippen molar-refractivity contribution in [3.8, 4) is 17.0 Å². The van der Waals surface area contributed by atoms with Gasteiger partial charge in [-0.15, -0.1) is 0 Å². The molecule has 0 radical (unpaired) electrons. The van der Waals surface area contributed by atoms with E-state index in [0.717, 1.165) is 28.3 Å². The summed E-state index contributed by atoms with van der Waals surface area (Å²) in [6, 6.07) is 7.92. The number of aromatic nitrogens is 2. The van der Waals surface area contributed by atoms with Gasteiger partial charge in [-0.2, -0.15) is 0 Å². The van der Waals surface area contributed by atoms with Gasteiger partial charge in [-0.3, -0.25) is 5.43 Å². The summed E-state index contributed by atoms with van der Waals surface area (Å²) in [7, 11) is 0. The van der Waals surface area contributed by atoms with Crippen molar-refractivity contribution in [1.82, 2.24) is 9.97 Å². The predicted octanol–water partition coefficient (Wildman–Crippen LogP) is 2.44. The molecule has 0 saturated heterocycles. The van der Waals surface area contributed by atoms with E-state index < -0.39 is 0 Å². The maximum absolute atomic E-state index is 5.53. The van der Waals surface area contributed by atoms with Crippen LogP contribution in [-0.2, 0) is 0 Å². The lowest BCUT2D eigenvalue weighted by Gasteiger charge is -2.10. The molecule has 0 saturated carbocycles. The van der Waals surface area contributed by atoms with Gasteiger partial charge < -0.3 is 4.74 Å². The van der Waals surface area contributed by atoms with Crippen LogP contribution in [0.1, 0.15) is 18.2 Å². The monoisotopic (exact) mass is 258 g/mol. The number of hydrogen-bond donors (Lipinski definition) is 2. The molecule has 0 bridgehead atoms. The van der Waals surface area contributed by atoms with Crippen LogP contribution in [-0.4, -0.2) is 16.6 Å². The van der Waals surface area contributed by atoms with Gasteiger partial charge in [-0.25, -0.2) is 15.8 Å². The average molecular weight is 258 g/mol. The SMILES string of the molecule is CCOc1ccc(-c2cc(C)nc(NN)n2)cc1C. The van der Waals surface area contributed by atoms with Gasteiger partial charge in [0.15, 0.2) is 0 Å². The molecule has 1 aromatic heterocycles. The Kier molecular flexibility index (Phi) is 3.97. The highest BCUT2D eigenvalue weighted by atomic mass is 16.5. The minimum Gasteiger partial charge on any atom is -0.494 e. The molecule has 3 N–H and O–H groups in total. The van der Waals surface area contributed by atoms with E-state index in [1.165, 1.54) is 0 Å². The lowest BCUT2D eigenvalue weighted by Crippen LogP contribution is -2.11. The molecule has 1 aromatic carbocycles. The van der Waals surface area contributed by atoms with Crippen molar-refractivity contribution in [2.45, 2.75) is 20.8 Å².